The summed E-state index contributed by atoms with van der Waals surface area (Å²) in [6.45, 7) is 10.7. The topological polar surface area (TPSA) is 59.6 Å². The summed E-state index contributed by atoms with van der Waals surface area (Å²) in [6.07, 6.45) is 2.10. The van der Waals surface area contributed by atoms with Crippen LogP contribution < -0.4 is 11.1 Å². The molecule has 0 spiro atoms. The van der Waals surface area contributed by atoms with Gasteiger partial charge in [-0.05, 0) is 26.7 Å². The smallest absolute Gasteiger partial charge is 0.188 e. The molecule has 0 aliphatic heterocycles. The highest BCUT2D eigenvalue weighted by atomic mass is 16.5. The molecule has 4 nitrogen and oxygen atoms in total. The quantitative estimate of drug-likeness (QED) is 0.276. The van der Waals surface area contributed by atoms with Crippen molar-refractivity contribution in [1.29, 1.82) is 0 Å². The summed E-state index contributed by atoms with van der Waals surface area (Å²) in [4.78, 5) is 4.11. The van der Waals surface area contributed by atoms with Crippen LogP contribution in [0.2, 0.25) is 0 Å². The molecular formula is C11H23N3O. The first-order valence-corrected chi connectivity index (χ1v) is 5.42. The lowest BCUT2D eigenvalue weighted by molar-refractivity contribution is 0.143. The molecule has 15 heavy (non-hydrogen) atoms. The molecule has 4 heteroatoms. The van der Waals surface area contributed by atoms with Crippen molar-refractivity contribution in [2.75, 3.05) is 26.3 Å². The van der Waals surface area contributed by atoms with E-state index >= 15 is 0 Å². The Hall–Kier alpha value is -1.03. The lowest BCUT2D eigenvalue weighted by Gasteiger charge is -2.05. The third kappa shape index (κ3) is 10.9. The summed E-state index contributed by atoms with van der Waals surface area (Å²) >= 11 is 0. The van der Waals surface area contributed by atoms with Crippen LogP contribution in [0, 0.1) is 0 Å². The zero-order chi connectivity index (χ0) is 11.5. The number of aliphatic imine (C=N–C) groups is 1. The number of hydrogen-bond acceptors (Lipinski definition) is 2. The van der Waals surface area contributed by atoms with Crippen molar-refractivity contribution < 1.29 is 4.74 Å². The molecular weight excluding hydrogens is 190 g/mol. The Bertz CT molecular complexity index is 202. The highest BCUT2D eigenvalue weighted by molar-refractivity contribution is 5.77. The normalized spacial score (nSPS) is 11.5. The second-order valence-electron chi connectivity index (χ2n) is 3.49. The second kappa shape index (κ2) is 9.52. The number of unbranched alkanes of at least 4 members (excludes halogenated alkanes) is 1. The molecule has 0 aliphatic carbocycles. The van der Waals surface area contributed by atoms with Crippen molar-refractivity contribution >= 4 is 5.96 Å². The van der Waals surface area contributed by atoms with Gasteiger partial charge in [0.25, 0.3) is 0 Å². The fraction of sp³-hybridized carbons (Fsp3) is 0.727. The summed E-state index contributed by atoms with van der Waals surface area (Å²) in [5.74, 6) is 0.495. The Kier molecular flexibility index (Phi) is 8.87. The van der Waals surface area contributed by atoms with E-state index in [0.717, 1.165) is 38.2 Å². The van der Waals surface area contributed by atoms with Gasteiger partial charge in [0.1, 0.15) is 0 Å². The van der Waals surface area contributed by atoms with E-state index in [0.29, 0.717) is 12.5 Å². The average molecular weight is 213 g/mol. The molecule has 0 saturated heterocycles. The zero-order valence-corrected chi connectivity index (χ0v) is 9.88. The van der Waals surface area contributed by atoms with Gasteiger partial charge in [0.15, 0.2) is 5.96 Å². The van der Waals surface area contributed by atoms with Crippen LogP contribution in [-0.2, 0) is 4.74 Å². The van der Waals surface area contributed by atoms with Crippen molar-refractivity contribution in [3.63, 3.8) is 0 Å². The van der Waals surface area contributed by atoms with Gasteiger partial charge in [-0.2, -0.15) is 0 Å². The largest absolute Gasteiger partial charge is 0.382 e. The maximum atomic E-state index is 5.63. The maximum absolute atomic E-state index is 5.63. The van der Waals surface area contributed by atoms with Gasteiger partial charge in [-0.3, -0.25) is 0 Å². The molecule has 0 bridgehead atoms. The molecule has 3 N–H and O–H groups in total. The Balaban J connectivity index is 3.34. The van der Waals surface area contributed by atoms with Crippen LogP contribution in [0.4, 0.5) is 0 Å². The Morgan fingerprint density at radius 3 is 2.80 bits per heavy atom. The first-order valence-electron chi connectivity index (χ1n) is 5.42. The highest BCUT2D eigenvalue weighted by Gasteiger charge is 1.91. The van der Waals surface area contributed by atoms with Crippen LogP contribution in [0.3, 0.4) is 0 Å². The number of ether oxygens (including phenoxy) is 1. The number of nitrogens with two attached hydrogens (primary N) is 1. The summed E-state index contributed by atoms with van der Waals surface area (Å²) < 4.78 is 5.22. The maximum Gasteiger partial charge on any atom is 0.188 e. The van der Waals surface area contributed by atoms with Crippen molar-refractivity contribution in [2.24, 2.45) is 10.7 Å². The number of nitrogens with one attached hydrogen (secondary N) is 1. The predicted octanol–water partition coefficient (Wildman–Crippen LogP) is 1.28. The van der Waals surface area contributed by atoms with Gasteiger partial charge < -0.3 is 15.8 Å². The van der Waals surface area contributed by atoms with Crippen molar-refractivity contribution in [2.45, 2.75) is 26.7 Å². The van der Waals surface area contributed by atoms with Gasteiger partial charge in [-0.1, -0.05) is 12.2 Å². The van der Waals surface area contributed by atoms with Gasteiger partial charge in [-0.15, -0.1) is 0 Å². The molecule has 0 radical (unpaired) electrons. The number of nitrogens with zero attached hydrogens (tertiary/aromatic N) is 1. The van der Waals surface area contributed by atoms with Crippen LogP contribution in [-0.4, -0.2) is 32.3 Å². The second-order valence-corrected chi connectivity index (χ2v) is 3.49. The van der Waals surface area contributed by atoms with Gasteiger partial charge in [0.2, 0.25) is 0 Å². The van der Waals surface area contributed by atoms with Crippen LogP contribution in [0.15, 0.2) is 17.1 Å². The minimum atomic E-state index is 0.495. The van der Waals surface area contributed by atoms with Gasteiger partial charge in [0.05, 0.1) is 6.54 Å². The first-order chi connectivity index (χ1) is 7.16. The molecule has 0 aromatic carbocycles. The molecule has 0 aromatic heterocycles. The molecule has 0 heterocycles. The number of rotatable bonds is 8. The fourth-order valence-electron chi connectivity index (χ4n) is 0.966. The predicted molar refractivity (Wildman–Crippen MR) is 65.0 cm³/mol. The zero-order valence-electron chi connectivity index (χ0n) is 9.88. The molecule has 0 saturated carbocycles. The lowest BCUT2D eigenvalue weighted by atomic mass is 10.3. The van der Waals surface area contributed by atoms with E-state index in [9.17, 15) is 0 Å². The van der Waals surface area contributed by atoms with Crippen LogP contribution in [0.25, 0.3) is 0 Å². The minimum Gasteiger partial charge on any atom is -0.382 e. The average Bonchev–Trinajstić information content (AvgIpc) is 2.20. The van der Waals surface area contributed by atoms with Crippen LogP contribution >= 0.6 is 0 Å². The van der Waals surface area contributed by atoms with Gasteiger partial charge in [-0.25, -0.2) is 4.99 Å². The molecule has 0 amide bonds. The van der Waals surface area contributed by atoms with E-state index in [1.165, 1.54) is 0 Å². The number of guanidine groups is 1. The van der Waals surface area contributed by atoms with E-state index in [1.807, 2.05) is 13.8 Å². The van der Waals surface area contributed by atoms with Crippen molar-refractivity contribution in [3.8, 4) is 0 Å². The molecule has 0 unspecified atom stereocenters. The van der Waals surface area contributed by atoms with Crippen molar-refractivity contribution in [3.05, 3.63) is 12.2 Å². The first kappa shape index (κ1) is 14.0. The van der Waals surface area contributed by atoms with E-state index in [1.54, 1.807) is 0 Å². The standard InChI is InChI=1S/C11H23N3O/c1-4-15-8-6-5-7-13-11(12)14-9-10(2)3/h2,4-9H2,1,3H3,(H3,12,13,14). The third-order valence-corrected chi connectivity index (χ3v) is 1.75. The Morgan fingerprint density at radius 2 is 2.20 bits per heavy atom. The van der Waals surface area contributed by atoms with Gasteiger partial charge in [0, 0.05) is 19.8 Å². The van der Waals surface area contributed by atoms with E-state index in [2.05, 4.69) is 16.9 Å². The molecule has 88 valence electrons. The molecule has 0 fully saturated rings. The van der Waals surface area contributed by atoms with E-state index in [-0.39, 0.29) is 0 Å². The summed E-state index contributed by atoms with van der Waals surface area (Å²) in [7, 11) is 0. The Morgan fingerprint density at radius 1 is 1.47 bits per heavy atom. The SMILES string of the molecule is C=C(C)CN=C(N)NCCCCOCC. The minimum absolute atomic E-state index is 0.495. The monoisotopic (exact) mass is 213 g/mol. The van der Waals surface area contributed by atoms with E-state index < -0.39 is 0 Å². The summed E-state index contributed by atoms with van der Waals surface area (Å²) in [5, 5.41) is 3.05. The summed E-state index contributed by atoms with van der Waals surface area (Å²) in [5.41, 5.74) is 6.64. The Labute approximate surface area is 92.6 Å². The molecule has 0 atom stereocenters. The summed E-state index contributed by atoms with van der Waals surface area (Å²) in [6, 6.07) is 0. The van der Waals surface area contributed by atoms with Crippen LogP contribution in [0.5, 0.6) is 0 Å². The number of hydrogen-bond donors (Lipinski definition) is 2. The molecule has 0 aromatic rings. The van der Waals surface area contributed by atoms with Crippen molar-refractivity contribution in [1.82, 2.24) is 5.32 Å². The van der Waals surface area contributed by atoms with Crippen LogP contribution in [0.1, 0.15) is 26.7 Å². The molecule has 0 rings (SSSR count). The third-order valence-electron chi connectivity index (χ3n) is 1.75. The lowest BCUT2D eigenvalue weighted by Crippen LogP contribution is -2.32. The highest BCUT2D eigenvalue weighted by Crippen LogP contribution is 1.89. The van der Waals surface area contributed by atoms with E-state index in [4.69, 9.17) is 10.5 Å². The molecule has 0 aliphatic rings. The fourth-order valence-corrected chi connectivity index (χ4v) is 0.966. The van der Waals surface area contributed by atoms with Gasteiger partial charge >= 0.3 is 0 Å².